The molecule has 1 atom stereocenters. The summed E-state index contributed by atoms with van der Waals surface area (Å²) >= 11 is 0. The van der Waals surface area contributed by atoms with Gasteiger partial charge in [-0.05, 0) is 50.9 Å². The van der Waals surface area contributed by atoms with Crippen molar-refractivity contribution in [1.29, 1.82) is 0 Å². The van der Waals surface area contributed by atoms with Gasteiger partial charge < -0.3 is 10.2 Å². The molecule has 1 N–H and O–H groups in total. The highest BCUT2D eigenvalue weighted by Gasteiger charge is 2.24. The zero-order chi connectivity index (χ0) is 14.7. The lowest BCUT2D eigenvalue weighted by Crippen LogP contribution is -2.38. The Bertz CT molecular complexity index is 503. The molecule has 21 heavy (non-hydrogen) atoms. The second kappa shape index (κ2) is 7.71. The van der Waals surface area contributed by atoms with Gasteiger partial charge in [-0.15, -0.1) is 12.4 Å². The number of carbonyl (C=O) groups is 1. The molecular formula is C15H21ClF2N2O. The number of amides is 1. The van der Waals surface area contributed by atoms with E-state index in [0.717, 1.165) is 38.4 Å². The molecule has 1 saturated heterocycles. The van der Waals surface area contributed by atoms with Gasteiger partial charge in [-0.2, -0.15) is 0 Å². The van der Waals surface area contributed by atoms with Gasteiger partial charge in [-0.1, -0.05) is 0 Å². The molecule has 1 aromatic carbocycles. The van der Waals surface area contributed by atoms with Crippen molar-refractivity contribution < 1.29 is 13.6 Å². The van der Waals surface area contributed by atoms with Crippen LogP contribution >= 0.6 is 12.4 Å². The number of halogens is 3. The van der Waals surface area contributed by atoms with Crippen LogP contribution in [0.2, 0.25) is 0 Å². The molecule has 3 nitrogen and oxygen atoms in total. The quantitative estimate of drug-likeness (QED) is 0.909. The van der Waals surface area contributed by atoms with Crippen LogP contribution in [0.25, 0.3) is 0 Å². The van der Waals surface area contributed by atoms with Crippen molar-refractivity contribution in [2.45, 2.75) is 32.2 Å². The largest absolute Gasteiger partial charge is 0.339 e. The second-order valence-electron chi connectivity index (χ2n) is 5.33. The van der Waals surface area contributed by atoms with E-state index in [-0.39, 0.29) is 35.5 Å². The zero-order valence-electron chi connectivity index (χ0n) is 12.3. The number of nitrogens with one attached hydrogen (secondary N) is 1. The lowest BCUT2D eigenvalue weighted by Gasteiger charge is -2.27. The van der Waals surface area contributed by atoms with Crippen LogP contribution in [0.1, 0.15) is 35.2 Å². The van der Waals surface area contributed by atoms with Gasteiger partial charge in [-0.25, -0.2) is 8.78 Å². The van der Waals surface area contributed by atoms with Crippen LogP contribution in [-0.4, -0.2) is 37.0 Å². The summed E-state index contributed by atoms with van der Waals surface area (Å²) < 4.78 is 27.0. The molecule has 1 heterocycles. The highest BCUT2D eigenvalue weighted by Crippen LogP contribution is 2.19. The van der Waals surface area contributed by atoms with Crippen molar-refractivity contribution in [3.8, 4) is 0 Å². The number of rotatable bonds is 2. The molecular weight excluding hydrogens is 298 g/mol. The second-order valence-corrected chi connectivity index (χ2v) is 5.33. The van der Waals surface area contributed by atoms with Gasteiger partial charge >= 0.3 is 0 Å². The fourth-order valence-corrected chi connectivity index (χ4v) is 2.56. The normalized spacial score (nSPS) is 18.6. The van der Waals surface area contributed by atoms with Gasteiger partial charge in [0.25, 0.3) is 5.91 Å². The van der Waals surface area contributed by atoms with Crippen molar-refractivity contribution in [2.75, 3.05) is 20.1 Å². The first-order valence-corrected chi connectivity index (χ1v) is 6.94. The van der Waals surface area contributed by atoms with E-state index < -0.39 is 11.6 Å². The maximum Gasteiger partial charge on any atom is 0.256 e. The SMILES string of the molecule is Cc1cc(C(=O)N(C)C2CCCNCC2)c(F)cc1F.Cl. The Labute approximate surface area is 130 Å². The summed E-state index contributed by atoms with van der Waals surface area (Å²) in [7, 11) is 1.69. The Morgan fingerprint density at radius 2 is 1.95 bits per heavy atom. The Balaban J connectivity index is 0.00000220. The summed E-state index contributed by atoms with van der Waals surface area (Å²) in [6, 6.07) is 2.17. The predicted octanol–water partition coefficient (Wildman–Crippen LogP) is 2.91. The fraction of sp³-hybridized carbons (Fsp3) is 0.533. The standard InChI is InChI=1S/C15H20F2N2O.ClH/c1-10-8-12(14(17)9-13(10)16)15(20)19(2)11-4-3-6-18-7-5-11;/h8-9,11,18H,3-7H2,1-2H3;1H. The molecule has 118 valence electrons. The minimum absolute atomic E-state index is 0. The summed E-state index contributed by atoms with van der Waals surface area (Å²) in [5, 5.41) is 3.28. The van der Waals surface area contributed by atoms with Gasteiger partial charge in [0.05, 0.1) is 5.56 Å². The van der Waals surface area contributed by atoms with E-state index in [0.29, 0.717) is 0 Å². The summed E-state index contributed by atoms with van der Waals surface area (Å²) in [6.45, 7) is 3.33. The van der Waals surface area contributed by atoms with E-state index in [1.807, 2.05) is 0 Å². The zero-order valence-corrected chi connectivity index (χ0v) is 13.1. The van der Waals surface area contributed by atoms with Crippen molar-refractivity contribution in [1.82, 2.24) is 10.2 Å². The molecule has 6 heteroatoms. The van der Waals surface area contributed by atoms with Crippen LogP contribution in [0.15, 0.2) is 12.1 Å². The number of hydrogen-bond acceptors (Lipinski definition) is 2. The minimum atomic E-state index is -0.795. The van der Waals surface area contributed by atoms with Crippen LogP contribution < -0.4 is 5.32 Å². The molecule has 0 aromatic heterocycles. The third kappa shape index (κ3) is 4.14. The van der Waals surface area contributed by atoms with Crippen LogP contribution in [0, 0.1) is 18.6 Å². The average Bonchev–Trinajstić information content (AvgIpc) is 2.70. The lowest BCUT2D eigenvalue weighted by molar-refractivity contribution is 0.0715. The lowest BCUT2D eigenvalue weighted by atomic mass is 10.0. The number of benzene rings is 1. The first-order chi connectivity index (χ1) is 9.50. The minimum Gasteiger partial charge on any atom is -0.339 e. The smallest absolute Gasteiger partial charge is 0.256 e. The Morgan fingerprint density at radius 3 is 2.67 bits per heavy atom. The molecule has 0 bridgehead atoms. The first kappa shape index (κ1) is 17.9. The van der Waals surface area contributed by atoms with Gasteiger partial charge in [0.15, 0.2) is 0 Å². The number of aryl methyl sites for hydroxylation is 1. The summed E-state index contributed by atoms with van der Waals surface area (Å²) in [6.07, 6.45) is 2.74. The molecule has 1 aromatic rings. The Kier molecular flexibility index (Phi) is 6.55. The van der Waals surface area contributed by atoms with Crippen molar-refractivity contribution in [3.63, 3.8) is 0 Å². The van der Waals surface area contributed by atoms with Crippen LogP contribution in [0.5, 0.6) is 0 Å². The molecule has 2 rings (SSSR count). The van der Waals surface area contributed by atoms with Gasteiger partial charge in [-0.3, -0.25) is 4.79 Å². The summed E-state index contributed by atoms with van der Waals surface area (Å²) in [5.74, 6) is -1.80. The van der Waals surface area contributed by atoms with Crippen LogP contribution in [0.3, 0.4) is 0 Å². The molecule has 0 spiro atoms. The van der Waals surface area contributed by atoms with E-state index in [2.05, 4.69) is 5.32 Å². The monoisotopic (exact) mass is 318 g/mol. The van der Waals surface area contributed by atoms with Gasteiger partial charge in [0.2, 0.25) is 0 Å². The third-order valence-corrected chi connectivity index (χ3v) is 3.89. The molecule has 0 aliphatic carbocycles. The highest BCUT2D eigenvalue weighted by atomic mass is 35.5. The topological polar surface area (TPSA) is 32.3 Å². The maximum absolute atomic E-state index is 13.8. The Hall–Kier alpha value is -1.20. The highest BCUT2D eigenvalue weighted by molar-refractivity contribution is 5.94. The molecule has 1 fully saturated rings. The number of carbonyl (C=O) groups excluding carboxylic acids is 1. The van der Waals surface area contributed by atoms with Crippen molar-refractivity contribution in [3.05, 3.63) is 34.9 Å². The van der Waals surface area contributed by atoms with Crippen molar-refractivity contribution in [2.24, 2.45) is 0 Å². The van der Waals surface area contributed by atoms with E-state index in [9.17, 15) is 13.6 Å². The van der Waals surface area contributed by atoms with E-state index in [4.69, 9.17) is 0 Å². The molecule has 0 saturated carbocycles. The van der Waals surface area contributed by atoms with E-state index >= 15 is 0 Å². The Morgan fingerprint density at radius 1 is 1.24 bits per heavy atom. The first-order valence-electron chi connectivity index (χ1n) is 6.94. The van der Waals surface area contributed by atoms with Crippen LogP contribution in [-0.2, 0) is 0 Å². The van der Waals surface area contributed by atoms with Gasteiger partial charge in [0.1, 0.15) is 11.6 Å². The number of hydrogen-bond donors (Lipinski definition) is 1. The fourth-order valence-electron chi connectivity index (χ4n) is 2.56. The maximum atomic E-state index is 13.8. The summed E-state index contributed by atoms with van der Waals surface area (Å²) in [4.78, 5) is 14.0. The van der Waals surface area contributed by atoms with Crippen LogP contribution in [0.4, 0.5) is 8.78 Å². The molecule has 1 aliphatic heterocycles. The predicted molar refractivity (Wildman–Crippen MR) is 80.9 cm³/mol. The summed E-state index contributed by atoms with van der Waals surface area (Å²) in [5.41, 5.74) is 0.231. The number of nitrogens with zero attached hydrogens (tertiary/aromatic N) is 1. The van der Waals surface area contributed by atoms with E-state index in [1.54, 1.807) is 11.9 Å². The molecule has 1 unspecified atom stereocenters. The molecule has 0 radical (unpaired) electrons. The average molecular weight is 319 g/mol. The van der Waals surface area contributed by atoms with E-state index in [1.165, 1.54) is 13.0 Å². The molecule has 1 amide bonds. The van der Waals surface area contributed by atoms with Crippen molar-refractivity contribution >= 4 is 18.3 Å². The van der Waals surface area contributed by atoms with Gasteiger partial charge in [0, 0.05) is 19.2 Å². The molecule has 1 aliphatic rings. The third-order valence-electron chi connectivity index (χ3n) is 3.89.